The summed E-state index contributed by atoms with van der Waals surface area (Å²) < 4.78 is 38.2. The molecule has 0 aromatic heterocycles. The lowest BCUT2D eigenvalue weighted by atomic mass is 9.98. The largest absolute Gasteiger partial charge is 0.487 e. The van der Waals surface area contributed by atoms with E-state index in [9.17, 15) is 18.7 Å². The van der Waals surface area contributed by atoms with Gasteiger partial charge in [-0.2, -0.15) is 0 Å². The standard InChI is InChI=1S/C23H25F2NO4/c1-26(12-18(27)22-6-2-14-10-16(24)4-8-20(14)29-22)13-19(28)23-7-3-15-11-17(25)5-9-21(15)30-23/h4-5,8-11,18,22-23,27H,2-3,6-7,12-13H2,1H3/t18-,22-,23-/m0/s1. The number of aryl methyl sites for hydroxylation is 2. The van der Waals surface area contributed by atoms with Gasteiger partial charge in [0, 0.05) is 6.54 Å². The Hall–Kier alpha value is -2.51. The fourth-order valence-corrected chi connectivity index (χ4v) is 4.10. The molecule has 160 valence electrons. The first kappa shape index (κ1) is 20.8. The van der Waals surface area contributed by atoms with Crippen LogP contribution in [0.2, 0.25) is 0 Å². The number of carbonyl (C=O) groups is 1. The average Bonchev–Trinajstić information content (AvgIpc) is 2.72. The second kappa shape index (κ2) is 8.70. The predicted octanol–water partition coefficient (Wildman–Crippen LogP) is 2.91. The van der Waals surface area contributed by atoms with Crippen molar-refractivity contribution >= 4 is 5.78 Å². The molecule has 3 atom stereocenters. The second-order valence-electron chi connectivity index (χ2n) is 8.07. The zero-order valence-electron chi connectivity index (χ0n) is 16.8. The predicted molar refractivity (Wildman–Crippen MR) is 107 cm³/mol. The molecule has 0 fully saturated rings. The quantitative estimate of drug-likeness (QED) is 0.783. The van der Waals surface area contributed by atoms with Crippen molar-refractivity contribution in [3.05, 3.63) is 59.2 Å². The van der Waals surface area contributed by atoms with Crippen LogP contribution in [-0.2, 0) is 17.6 Å². The molecule has 4 rings (SSSR count). The van der Waals surface area contributed by atoms with Crippen molar-refractivity contribution in [1.29, 1.82) is 0 Å². The Bertz CT molecular complexity index is 935. The van der Waals surface area contributed by atoms with Crippen LogP contribution in [0.15, 0.2) is 36.4 Å². The Labute approximate surface area is 174 Å². The van der Waals surface area contributed by atoms with Crippen molar-refractivity contribution < 1.29 is 28.2 Å². The topological polar surface area (TPSA) is 59.0 Å². The van der Waals surface area contributed by atoms with E-state index in [1.54, 1.807) is 24.1 Å². The van der Waals surface area contributed by atoms with Crippen LogP contribution in [0.4, 0.5) is 8.78 Å². The number of aliphatic hydroxyl groups excluding tert-OH is 1. The average molecular weight is 417 g/mol. The highest BCUT2D eigenvalue weighted by Gasteiger charge is 2.30. The van der Waals surface area contributed by atoms with Crippen LogP contribution in [0.25, 0.3) is 0 Å². The summed E-state index contributed by atoms with van der Waals surface area (Å²) in [4.78, 5) is 14.4. The number of nitrogens with zero attached hydrogens (tertiary/aromatic N) is 1. The molecule has 0 saturated heterocycles. The number of carbonyl (C=O) groups excluding carboxylic acids is 1. The molecule has 7 heteroatoms. The van der Waals surface area contributed by atoms with E-state index in [-0.39, 0.29) is 30.5 Å². The fourth-order valence-electron chi connectivity index (χ4n) is 4.10. The first-order valence-electron chi connectivity index (χ1n) is 10.2. The van der Waals surface area contributed by atoms with Crippen LogP contribution >= 0.6 is 0 Å². The van der Waals surface area contributed by atoms with Crippen molar-refractivity contribution in [3.63, 3.8) is 0 Å². The Morgan fingerprint density at radius 3 is 2.33 bits per heavy atom. The summed E-state index contributed by atoms with van der Waals surface area (Å²) in [7, 11) is 1.76. The van der Waals surface area contributed by atoms with Crippen LogP contribution in [0.1, 0.15) is 24.0 Å². The third-order valence-corrected chi connectivity index (χ3v) is 5.68. The Morgan fingerprint density at radius 2 is 1.67 bits per heavy atom. The van der Waals surface area contributed by atoms with E-state index < -0.39 is 18.3 Å². The molecule has 0 aliphatic carbocycles. The molecule has 2 aliphatic heterocycles. The molecule has 1 N–H and O–H groups in total. The van der Waals surface area contributed by atoms with Gasteiger partial charge in [0.05, 0.1) is 6.54 Å². The molecule has 0 radical (unpaired) electrons. The highest BCUT2D eigenvalue weighted by Crippen LogP contribution is 2.30. The number of benzene rings is 2. The first-order chi connectivity index (χ1) is 14.4. The van der Waals surface area contributed by atoms with Crippen LogP contribution < -0.4 is 9.47 Å². The van der Waals surface area contributed by atoms with Gasteiger partial charge < -0.3 is 14.6 Å². The maximum Gasteiger partial charge on any atom is 0.187 e. The van der Waals surface area contributed by atoms with Gasteiger partial charge in [0.25, 0.3) is 0 Å². The molecule has 0 unspecified atom stereocenters. The van der Waals surface area contributed by atoms with E-state index in [1.807, 2.05) is 0 Å². The maximum atomic E-state index is 13.3. The maximum absolute atomic E-state index is 13.3. The molecule has 5 nitrogen and oxygen atoms in total. The molecular weight excluding hydrogens is 392 g/mol. The van der Waals surface area contributed by atoms with Crippen LogP contribution in [0.3, 0.4) is 0 Å². The number of hydrogen-bond acceptors (Lipinski definition) is 5. The molecule has 2 aromatic rings. The zero-order chi connectivity index (χ0) is 21.3. The highest BCUT2D eigenvalue weighted by atomic mass is 19.1. The fraction of sp³-hybridized carbons (Fsp3) is 0.435. The molecule has 30 heavy (non-hydrogen) atoms. The minimum absolute atomic E-state index is 0.0786. The van der Waals surface area contributed by atoms with E-state index >= 15 is 0 Å². The second-order valence-corrected chi connectivity index (χ2v) is 8.07. The van der Waals surface area contributed by atoms with Crippen molar-refractivity contribution in [2.45, 2.75) is 44.0 Å². The summed E-state index contributed by atoms with van der Waals surface area (Å²) in [6, 6.07) is 8.71. The van der Waals surface area contributed by atoms with Gasteiger partial charge in [-0.1, -0.05) is 0 Å². The molecular formula is C23H25F2NO4. The Morgan fingerprint density at radius 1 is 1.07 bits per heavy atom. The van der Waals surface area contributed by atoms with E-state index in [1.165, 1.54) is 24.3 Å². The van der Waals surface area contributed by atoms with Gasteiger partial charge in [-0.05, 0) is 80.3 Å². The minimum atomic E-state index is -0.781. The number of fused-ring (bicyclic) bond motifs is 2. The zero-order valence-corrected chi connectivity index (χ0v) is 16.8. The number of aliphatic hydroxyl groups is 1. The summed E-state index contributed by atoms with van der Waals surface area (Å²) in [5, 5.41) is 10.6. The van der Waals surface area contributed by atoms with E-state index in [2.05, 4.69) is 0 Å². The van der Waals surface area contributed by atoms with Crippen LogP contribution in [-0.4, -0.2) is 54.2 Å². The van der Waals surface area contributed by atoms with Crippen molar-refractivity contribution in [2.24, 2.45) is 0 Å². The van der Waals surface area contributed by atoms with Gasteiger partial charge in [-0.3, -0.25) is 9.69 Å². The number of likely N-dealkylation sites (N-methyl/N-ethyl adjacent to an activating group) is 1. The van der Waals surface area contributed by atoms with Crippen molar-refractivity contribution in [1.82, 2.24) is 4.90 Å². The summed E-state index contributed by atoms with van der Waals surface area (Å²) in [5.74, 6) is 0.455. The number of Topliss-reactive ketones (excluding diaryl/α,β-unsaturated/α-hetero) is 1. The molecule has 0 amide bonds. The molecule has 2 aromatic carbocycles. The number of ether oxygens (including phenoxy) is 2. The van der Waals surface area contributed by atoms with Gasteiger partial charge >= 0.3 is 0 Å². The summed E-state index contributed by atoms with van der Waals surface area (Å²) in [6.45, 7) is 0.397. The Kier molecular flexibility index (Phi) is 6.01. The lowest BCUT2D eigenvalue weighted by Crippen LogP contribution is -2.45. The molecule has 0 bridgehead atoms. The van der Waals surface area contributed by atoms with Gasteiger partial charge in [0.15, 0.2) is 11.9 Å². The number of hydrogen-bond donors (Lipinski definition) is 1. The third-order valence-electron chi connectivity index (χ3n) is 5.68. The highest BCUT2D eigenvalue weighted by molar-refractivity contribution is 5.85. The van der Waals surface area contributed by atoms with Crippen molar-refractivity contribution in [3.8, 4) is 11.5 Å². The van der Waals surface area contributed by atoms with Gasteiger partial charge in [-0.25, -0.2) is 8.78 Å². The van der Waals surface area contributed by atoms with E-state index in [0.29, 0.717) is 37.2 Å². The van der Waals surface area contributed by atoms with Crippen LogP contribution in [0.5, 0.6) is 11.5 Å². The molecule has 2 aliphatic rings. The normalized spacial score (nSPS) is 21.2. The van der Waals surface area contributed by atoms with E-state index in [0.717, 1.165) is 11.1 Å². The van der Waals surface area contributed by atoms with Gasteiger partial charge in [0.1, 0.15) is 35.3 Å². The minimum Gasteiger partial charge on any atom is -0.487 e. The summed E-state index contributed by atoms with van der Waals surface area (Å²) >= 11 is 0. The van der Waals surface area contributed by atoms with Crippen LogP contribution in [0, 0.1) is 11.6 Å². The van der Waals surface area contributed by atoms with E-state index in [4.69, 9.17) is 9.47 Å². The molecule has 2 heterocycles. The molecule has 0 spiro atoms. The molecule has 0 saturated carbocycles. The lowest BCUT2D eigenvalue weighted by molar-refractivity contribution is -0.127. The smallest absolute Gasteiger partial charge is 0.187 e. The monoisotopic (exact) mass is 417 g/mol. The lowest BCUT2D eigenvalue weighted by Gasteiger charge is -2.32. The Balaban J connectivity index is 1.29. The summed E-state index contributed by atoms with van der Waals surface area (Å²) in [5.41, 5.74) is 1.58. The van der Waals surface area contributed by atoms with Gasteiger partial charge in [-0.15, -0.1) is 0 Å². The summed E-state index contributed by atoms with van der Waals surface area (Å²) in [6.07, 6.45) is 0.544. The third kappa shape index (κ3) is 4.63. The van der Waals surface area contributed by atoms with Gasteiger partial charge in [0.2, 0.25) is 0 Å². The SMILES string of the molecule is CN(CC(=O)[C@@H]1CCc2cc(F)ccc2O1)C[C@H](O)[C@@H]1CCc2cc(F)ccc2O1. The van der Waals surface area contributed by atoms with Crippen molar-refractivity contribution in [2.75, 3.05) is 20.1 Å². The first-order valence-corrected chi connectivity index (χ1v) is 10.2. The number of halogens is 2. The number of rotatable bonds is 6. The number of ketones is 1.